The number of amides is 2. The van der Waals surface area contributed by atoms with Crippen LogP contribution in [0.2, 0.25) is 0 Å². The van der Waals surface area contributed by atoms with Crippen LogP contribution in [-0.2, 0) is 9.59 Å². The largest absolute Gasteiger partial charge is 0.332 e. The summed E-state index contributed by atoms with van der Waals surface area (Å²) in [4.78, 5) is 26.2. The van der Waals surface area contributed by atoms with Crippen LogP contribution in [0.5, 0.6) is 0 Å². The van der Waals surface area contributed by atoms with Gasteiger partial charge in [-0.15, -0.1) is 0 Å². The van der Waals surface area contributed by atoms with Gasteiger partial charge in [0.2, 0.25) is 0 Å². The van der Waals surface area contributed by atoms with Gasteiger partial charge in [-0.2, -0.15) is 0 Å². The smallest absolute Gasteiger partial charge is 0.312 e. The molecule has 14 heavy (non-hydrogen) atoms. The first kappa shape index (κ1) is 12.0. The van der Waals surface area contributed by atoms with Crippen LogP contribution in [0.1, 0.15) is 0 Å². The van der Waals surface area contributed by atoms with Gasteiger partial charge in [0.15, 0.2) is 0 Å². The zero-order valence-corrected chi connectivity index (χ0v) is 10.9. The number of alkyl halides is 2. The molecule has 80 valence electrons. The first-order valence-electron chi connectivity index (χ1n) is 4.40. The summed E-state index contributed by atoms with van der Waals surface area (Å²) in [6.07, 6.45) is 0. The summed E-state index contributed by atoms with van der Waals surface area (Å²) in [5, 5.41) is 1.43. The highest BCUT2D eigenvalue weighted by Gasteiger charge is 2.31. The molecule has 1 heterocycles. The zero-order valence-electron chi connectivity index (χ0n) is 7.71. The van der Waals surface area contributed by atoms with E-state index in [4.69, 9.17) is 0 Å². The maximum absolute atomic E-state index is 11.5. The van der Waals surface area contributed by atoms with Crippen LogP contribution >= 0.6 is 31.9 Å². The number of hydrogen-bond acceptors (Lipinski definition) is 2. The Balaban J connectivity index is 2.55. The Labute approximate surface area is 99.9 Å². The average molecular weight is 328 g/mol. The van der Waals surface area contributed by atoms with Gasteiger partial charge in [-0.1, -0.05) is 31.9 Å². The first-order chi connectivity index (χ1) is 6.70. The molecule has 1 rings (SSSR count). The molecule has 1 aliphatic rings. The second kappa shape index (κ2) is 5.70. The van der Waals surface area contributed by atoms with Crippen molar-refractivity contribution in [1.82, 2.24) is 9.80 Å². The third kappa shape index (κ3) is 2.70. The van der Waals surface area contributed by atoms with E-state index in [-0.39, 0.29) is 11.8 Å². The molecule has 4 nitrogen and oxygen atoms in total. The number of rotatable bonds is 4. The van der Waals surface area contributed by atoms with E-state index in [1.807, 2.05) is 0 Å². The first-order valence-corrected chi connectivity index (χ1v) is 6.65. The number of carbonyl (C=O) groups excluding carboxylic acids is 2. The van der Waals surface area contributed by atoms with Gasteiger partial charge < -0.3 is 9.80 Å². The summed E-state index contributed by atoms with van der Waals surface area (Å²) >= 11 is 6.50. The van der Waals surface area contributed by atoms with Gasteiger partial charge in [0.25, 0.3) is 0 Å². The summed E-state index contributed by atoms with van der Waals surface area (Å²) in [5.41, 5.74) is 0. The lowest BCUT2D eigenvalue weighted by Gasteiger charge is -2.33. The van der Waals surface area contributed by atoms with Crippen molar-refractivity contribution in [3.8, 4) is 0 Å². The lowest BCUT2D eigenvalue weighted by Crippen LogP contribution is -2.55. The van der Waals surface area contributed by atoms with Gasteiger partial charge in [-0.25, -0.2) is 0 Å². The van der Waals surface area contributed by atoms with Crippen LogP contribution in [0.4, 0.5) is 0 Å². The lowest BCUT2D eigenvalue weighted by atomic mass is 10.3. The summed E-state index contributed by atoms with van der Waals surface area (Å²) in [5.74, 6) is -0.756. The Kier molecular flexibility index (Phi) is 4.88. The molecule has 6 heteroatoms. The van der Waals surface area contributed by atoms with Gasteiger partial charge in [-0.05, 0) is 0 Å². The summed E-state index contributed by atoms with van der Waals surface area (Å²) in [6.45, 7) is 2.49. The number of piperazine rings is 1. The Bertz CT molecular complexity index is 211. The lowest BCUT2D eigenvalue weighted by molar-refractivity contribution is -0.155. The normalized spacial score (nSPS) is 17.9. The van der Waals surface area contributed by atoms with E-state index in [2.05, 4.69) is 31.9 Å². The van der Waals surface area contributed by atoms with Crippen molar-refractivity contribution >= 4 is 43.7 Å². The Morgan fingerprint density at radius 3 is 1.57 bits per heavy atom. The van der Waals surface area contributed by atoms with Crippen molar-refractivity contribution in [2.45, 2.75) is 0 Å². The van der Waals surface area contributed by atoms with E-state index in [9.17, 15) is 9.59 Å². The van der Waals surface area contributed by atoms with Gasteiger partial charge >= 0.3 is 11.8 Å². The highest BCUT2D eigenvalue weighted by Crippen LogP contribution is 2.05. The van der Waals surface area contributed by atoms with E-state index >= 15 is 0 Å². The number of halogens is 2. The SMILES string of the molecule is O=C1C(=O)N(CCBr)CCN1CCBr. The third-order valence-corrected chi connectivity index (χ3v) is 2.82. The van der Waals surface area contributed by atoms with E-state index in [0.717, 1.165) is 0 Å². The minimum absolute atomic E-state index is 0.378. The van der Waals surface area contributed by atoms with Crippen LogP contribution in [0, 0.1) is 0 Å². The molecule has 0 aliphatic carbocycles. The Hall–Kier alpha value is -0.100. The zero-order chi connectivity index (χ0) is 10.6. The van der Waals surface area contributed by atoms with Crippen LogP contribution < -0.4 is 0 Å². The molecule has 0 aromatic rings. The number of carbonyl (C=O) groups is 2. The topological polar surface area (TPSA) is 40.6 Å². The summed E-state index contributed by atoms with van der Waals surface area (Å²) in [7, 11) is 0. The van der Waals surface area contributed by atoms with E-state index < -0.39 is 0 Å². The third-order valence-electron chi connectivity index (χ3n) is 2.11. The fourth-order valence-electron chi connectivity index (χ4n) is 1.35. The number of nitrogens with zero attached hydrogens (tertiary/aromatic N) is 2. The van der Waals surface area contributed by atoms with Gasteiger partial charge in [-0.3, -0.25) is 9.59 Å². The molecular formula is C8H12Br2N2O2. The highest BCUT2D eigenvalue weighted by molar-refractivity contribution is 9.09. The standard InChI is InChI=1S/C8H12Br2N2O2/c9-1-3-11-5-6-12(4-2-10)8(14)7(11)13/h1-6H2. The maximum Gasteiger partial charge on any atom is 0.312 e. The van der Waals surface area contributed by atoms with Gasteiger partial charge in [0.05, 0.1) is 0 Å². The molecule has 0 unspecified atom stereocenters. The Morgan fingerprint density at radius 1 is 0.929 bits per heavy atom. The van der Waals surface area contributed by atoms with Gasteiger partial charge in [0, 0.05) is 36.8 Å². The van der Waals surface area contributed by atoms with Crippen molar-refractivity contribution in [1.29, 1.82) is 0 Å². The molecule has 0 radical (unpaired) electrons. The second-order valence-electron chi connectivity index (χ2n) is 2.96. The Morgan fingerprint density at radius 2 is 1.29 bits per heavy atom. The monoisotopic (exact) mass is 326 g/mol. The van der Waals surface area contributed by atoms with Crippen molar-refractivity contribution in [3.05, 3.63) is 0 Å². The summed E-state index contributed by atoms with van der Waals surface area (Å²) in [6, 6.07) is 0. The van der Waals surface area contributed by atoms with E-state index in [1.54, 1.807) is 9.80 Å². The van der Waals surface area contributed by atoms with Crippen molar-refractivity contribution in [2.75, 3.05) is 36.8 Å². The molecule has 1 aliphatic heterocycles. The molecule has 0 spiro atoms. The summed E-state index contributed by atoms with van der Waals surface area (Å²) < 4.78 is 0. The highest BCUT2D eigenvalue weighted by atomic mass is 79.9. The molecule has 0 aromatic carbocycles. The molecule has 2 amide bonds. The van der Waals surface area contributed by atoms with E-state index in [1.165, 1.54) is 0 Å². The second-order valence-corrected chi connectivity index (χ2v) is 4.55. The quantitative estimate of drug-likeness (QED) is 0.555. The van der Waals surface area contributed by atoms with Gasteiger partial charge in [0.1, 0.15) is 0 Å². The predicted octanol–water partition coefficient (Wildman–Crippen LogP) is 0.447. The van der Waals surface area contributed by atoms with Crippen molar-refractivity contribution < 1.29 is 9.59 Å². The minimum atomic E-state index is -0.378. The predicted molar refractivity (Wildman–Crippen MR) is 60.7 cm³/mol. The fourth-order valence-corrected chi connectivity index (χ4v) is 2.20. The molecule has 1 fully saturated rings. The molecule has 0 atom stereocenters. The fraction of sp³-hybridized carbons (Fsp3) is 0.750. The van der Waals surface area contributed by atoms with Crippen molar-refractivity contribution in [3.63, 3.8) is 0 Å². The average Bonchev–Trinajstić information content (AvgIpc) is 2.18. The van der Waals surface area contributed by atoms with Crippen LogP contribution in [0.25, 0.3) is 0 Å². The molecule has 0 saturated carbocycles. The molecule has 1 saturated heterocycles. The molecule has 0 bridgehead atoms. The van der Waals surface area contributed by atoms with Crippen LogP contribution in [0.3, 0.4) is 0 Å². The van der Waals surface area contributed by atoms with E-state index in [0.29, 0.717) is 36.8 Å². The molecule has 0 N–H and O–H groups in total. The van der Waals surface area contributed by atoms with Crippen LogP contribution in [0.15, 0.2) is 0 Å². The number of hydrogen-bond donors (Lipinski definition) is 0. The minimum Gasteiger partial charge on any atom is -0.332 e. The maximum atomic E-state index is 11.5. The van der Waals surface area contributed by atoms with Crippen molar-refractivity contribution in [2.24, 2.45) is 0 Å². The van der Waals surface area contributed by atoms with Crippen LogP contribution in [-0.4, -0.2) is 58.5 Å². The molecular weight excluding hydrogens is 316 g/mol. The molecule has 0 aromatic heterocycles.